The van der Waals surface area contributed by atoms with Crippen molar-refractivity contribution in [2.75, 3.05) is 20.8 Å². The normalized spacial score (nSPS) is 20.0. The Bertz CT molecular complexity index is 685. The van der Waals surface area contributed by atoms with Crippen molar-refractivity contribution in [3.05, 3.63) is 17.8 Å². The molecule has 2 unspecified atom stereocenters. The van der Waals surface area contributed by atoms with Crippen LogP contribution in [0.3, 0.4) is 0 Å². The summed E-state index contributed by atoms with van der Waals surface area (Å²) in [5.74, 6) is -0.145. The summed E-state index contributed by atoms with van der Waals surface area (Å²) in [6, 6.07) is 1.60. The second-order valence-corrected chi connectivity index (χ2v) is 7.48. The van der Waals surface area contributed by atoms with Crippen molar-refractivity contribution < 1.29 is 28.5 Å². The molecule has 1 amide bonds. The van der Waals surface area contributed by atoms with Gasteiger partial charge in [-0.25, -0.2) is 14.6 Å². The van der Waals surface area contributed by atoms with Crippen LogP contribution in [0.15, 0.2) is 12.3 Å². The van der Waals surface area contributed by atoms with Crippen LogP contribution in [0.1, 0.15) is 50.9 Å². The fraction of sp³-hybridized carbons (Fsp3) is 0.632. The summed E-state index contributed by atoms with van der Waals surface area (Å²) in [6.07, 6.45) is 2.27. The minimum absolute atomic E-state index is 0.0399. The molecular formula is C19H28N2O6. The van der Waals surface area contributed by atoms with E-state index in [0.29, 0.717) is 12.3 Å². The Morgan fingerprint density at radius 1 is 1.22 bits per heavy atom. The predicted molar refractivity (Wildman–Crippen MR) is 98.2 cm³/mol. The highest BCUT2D eigenvalue weighted by Crippen LogP contribution is 2.30. The van der Waals surface area contributed by atoms with E-state index in [1.165, 1.54) is 20.4 Å². The molecule has 2 rings (SSSR count). The summed E-state index contributed by atoms with van der Waals surface area (Å²) < 4.78 is 21.5. The molecule has 1 saturated heterocycles. The smallest absolute Gasteiger partial charge is 0.410 e. The number of carbonyl (C=O) groups is 2. The minimum atomic E-state index is -0.594. The number of pyridine rings is 1. The van der Waals surface area contributed by atoms with Gasteiger partial charge in [-0.2, -0.15) is 0 Å². The van der Waals surface area contributed by atoms with E-state index in [9.17, 15) is 9.59 Å². The molecule has 1 fully saturated rings. The maximum Gasteiger partial charge on any atom is 0.410 e. The minimum Gasteiger partial charge on any atom is -0.496 e. The predicted octanol–water partition coefficient (Wildman–Crippen LogP) is 3.04. The summed E-state index contributed by atoms with van der Waals surface area (Å²) in [5.41, 5.74) is -0.443. The van der Waals surface area contributed by atoms with E-state index >= 15 is 0 Å². The molecule has 0 spiro atoms. The highest BCUT2D eigenvalue weighted by molar-refractivity contribution is 5.94. The zero-order valence-electron chi connectivity index (χ0n) is 16.8. The first-order chi connectivity index (χ1) is 12.7. The molecule has 0 aliphatic carbocycles. The third kappa shape index (κ3) is 5.24. The molecule has 27 heavy (non-hydrogen) atoms. The fourth-order valence-corrected chi connectivity index (χ4v) is 2.88. The third-order valence-electron chi connectivity index (χ3n) is 4.23. The Kier molecular flexibility index (Phi) is 6.51. The van der Waals surface area contributed by atoms with Crippen molar-refractivity contribution in [2.45, 2.75) is 58.3 Å². The van der Waals surface area contributed by atoms with E-state index < -0.39 is 11.6 Å². The van der Waals surface area contributed by atoms with Gasteiger partial charge < -0.3 is 23.8 Å². The zero-order valence-corrected chi connectivity index (χ0v) is 16.8. The molecule has 150 valence electrons. The van der Waals surface area contributed by atoms with Crippen LogP contribution >= 0.6 is 0 Å². The average molecular weight is 380 g/mol. The van der Waals surface area contributed by atoms with Gasteiger partial charge in [0.2, 0.25) is 5.88 Å². The van der Waals surface area contributed by atoms with Crippen LogP contribution < -0.4 is 9.47 Å². The van der Waals surface area contributed by atoms with Crippen molar-refractivity contribution in [1.29, 1.82) is 0 Å². The molecule has 2 atom stereocenters. The number of rotatable bonds is 4. The Balaban J connectivity index is 2.18. The topological polar surface area (TPSA) is 87.2 Å². The molecule has 8 heteroatoms. The average Bonchev–Trinajstić information content (AvgIpc) is 2.60. The molecule has 0 radical (unpaired) electrons. The van der Waals surface area contributed by atoms with Crippen molar-refractivity contribution in [1.82, 2.24) is 9.88 Å². The largest absolute Gasteiger partial charge is 0.496 e. The number of nitrogens with zero attached hydrogens (tertiary/aromatic N) is 2. The van der Waals surface area contributed by atoms with E-state index in [1.807, 2.05) is 27.7 Å². The number of methoxy groups -OCH3 is 2. The quantitative estimate of drug-likeness (QED) is 0.742. The van der Waals surface area contributed by atoms with Crippen molar-refractivity contribution >= 4 is 12.1 Å². The number of amides is 1. The third-order valence-corrected chi connectivity index (χ3v) is 4.23. The molecule has 0 N–H and O–H groups in total. The van der Waals surface area contributed by atoms with Gasteiger partial charge in [-0.1, -0.05) is 0 Å². The van der Waals surface area contributed by atoms with Gasteiger partial charge >= 0.3 is 12.1 Å². The molecule has 2 heterocycles. The van der Waals surface area contributed by atoms with E-state index in [2.05, 4.69) is 4.98 Å². The van der Waals surface area contributed by atoms with Crippen molar-refractivity contribution in [3.8, 4) is 11.6 Å². The molecule has 1 aliphatic rings. The van der Waals surface area contributed by atoms with Gasteiger partial charge in [0.15, 0.2) is 5.56 Å². The standard InChI is InChI=1S/C19H28N2O6/c1-12-7-8-13(11-21(12)18(23)27-19(2,3)4)26-16-15(17(22)25-6)14(24-5)9-10-20-16/h9-10,12-13H,7-8,11H2,1-6H3. The first-order valence-electron chi connectivity index (χ1n) is 8.94. The van der Waals surface area contributed by atoms with Gasteiger partial charge in [-0.3, -0.25) is 0 Å². The Morgan fingerprint density at radius 2 is 1.93 bits per heavy atom. The van der Waals surface area contributed by atoms with E-state index in [4.69, 9.17) is 18.9 Å². The lowest BCUT2D eigenvalue weighted by atomic mass is 10.0. The van der Waals surface area contributed by atoms with Crippen molar-refractivity contribution in [3.63, 3.8) is 0 Å². The SMILES string of the molecule is COC(=O)c1c(OC)ccnc1OC1CCC(C)N(C(=O)OC(C)(C)C)C1. The van der Waals surface area contributed by atoms with E-state index in [0.717, 1.165) is 12.8 Å². The molecular weight excluding hydrogens is 352 g/mol. The molecule has 0 saturated carbocycles. The monoisotopic (exact) mass is 380 g/mol. The summed E-state index contributed by atoms with van der Waals surface area (Å²) in [5, 5.41) is 0. The summed E-state index contributed by atoms with van der Waals surface area (Å²) >= 11 is 0. The van der Waals surface area contributed by atoms with E-state index in [1.54, 1.807) is 11.0 Å². The number of piperidine rings is 1. The van der Waals surface area contributed by atoms with Gasteiger partial charge in [0.1, 0.15) is 17.5 Å². The Labute approximate surface area is 159 Å². The molecule has 8 nitrogen and oxygen atoms in total. The van der Waals surface area contributed by atoms with Gasteiger partial charge in [0, 0.05) is 12.2 Å². The summed E-state index contributed by atoms with van der Waals surface area (Å²) in [6.45, 7) is 7.81. The maximum atomic E-state index is 12.5. The molecule has 0 aromatic carbocycles. The van der Waals surface area contributed by atoms with Crippen LogP contribution in [-0.4, -0.2) is 60.5 Å². The first-order valence-corrected chi connectivity index (χ1v) is 8.94. The van der Waals surface area contributed by atoms with Crippen LogP contribution in [0.4, 0.5) is 4.79 Å². The summed E-state index contributed by atoms with van der Waals surface area (Å²) in [4.78, 5) is 30.4. The molecule has 1 aliphatic heterocycles. The van der Waals surface area contributed by atoms with Crippen LogP contribution in [0.5, 0.6) is 11.6 Å². The highest BCUT2D eigenvalue weighted by Gasteiger charge is 2.34. The molecule has 1 aromatic rings. The number of likely N-dealkylation sites (tertiary alicyclic amines) is 1. The van der Waals surface area contributed by atoms with Crippen LogP contribution in [0, 0.1) is 0 Å². The van der Waals surface area contributed by atoms with Gasteiger partial charge in [-0.05, 0) is 46.6 Å². The van der Waals surface area contributed by atoms with Gasteiger partial charge in [0.25, 0.3) is 0 Å². The number of carbonyl (C=O) groups excluding carboxylic acids is 2. The number of aromatic nitrogens is 1. The first kappa shape index (κ1) is 20.8. The lowest BCUT2D eigenvalue weighted by Crippen LogP contribution is -2.50. The number of hydrogen-bond donors (Lipinski definition) is 0. The second kappa shape index (κ2) is 8.45. The maximum absolute atomic E-state index is 12.5. The lowest BCUT2D eigenvalue weighted by Gasteiger charge is -2.38. The summed E-state index contributed by atoms with van der Waals surface area (Å²) in [7, 11) is 2.74. The van der Waals surface area contributed by atoms with Crippen LogP contribution in [0.25, 0.3) is 0 Å². The van der Waals surface area contributed by atoms with Gasteiger partial charge in [-0.15, -0.1) is 0 Å². The zero-order chi connectivity index (χ0) is 20.2. The lowest BCUT2D eigenvalue weighted by molar-refractivity contribution is -0.00634. The molecule has 1 aromatic heterocycles. The number of hydrogen-bond acceptors (Lipinski definition) is 7. The number of esters is 1. The number of ether oxygens (including phenoxy) is 4. The second-order valence-electron chi connectivity index (χ2n) is 7.48. The van der Waals surface area contributed by atoms with Crippen LogP contribution in [0.2, 0.25) is 0 Å². The Morgan fingerprint density at radius 3 is 2.52 bits per heavy atom. The molecule has 0 bridgehead atoms. The fourth-order valence-electron chi connectivity index (χ4n) is 2.88. The van der Waals surface area contributed by atoms with Crippen LogP contribution in [-0.2, 0) is 9.47 Å². The van der Waals surface area contributed by atoms with Gasteiger partial charge in [0.05, 0.1) is 20.8 Å². The van der Waals surface area contributed by atoms with E-state index in [-0.39, 0.29) is 29.7 Å². The van der Waals surface area contributed by atoms with Crippen molar-refractivity contribution in [2.24, 2.45) is 0 Å². The Hall–Kier alpha value is -2.51. The highest BCUT2D eigenvalue weighted by atomic mass is 16.6.